The first-order chi connectivity index (χ1) is 8.51. The van der Waals surface area contributed by atoms with E-state index in [0.717, 1.165) is 0 Å². The van der Waals surface area contributed by atoms with E-state index in [1.165, 1.54) is 0 Å². The first kappa shape index (κ1) is 14.2. The summed E-state index contributed by atoms with van der Waals surface area (Å²) in [5.41, 5.74) is -0.426. The van der Waals surface area contributed by atoms with Crippen molar-refractivity contribution in [2.45, 2.75) is 71.1 Å². The molecule has 1 N–H and O–H groups in total. The molecule has 0 spiro atoms. The Labute approximate surface area is 115 Å². The second-order valence-corrected chi connectivity index (χ2v) is 7.54. The number of carbonyl (C=O) groups is 2. The molecule has 0 aromatic rings. The minimum absolute atomic E-state index is 0.0437. The number of hydrogen-bond donors (Lipinski definition) is 1. The molecule has 0 radical (unpaired) electrons. The summed E-state index contributed by atoms with van der Waals surface area (Å²) in [6.45, 7) is 12.8. The SMILES string of the molecule is CC(C)(C)N1CC2C(CC1=O)NC(=O)N2C(C)(C)C. The van der Waals surface area contributed by atoms with Gasteiger partial charge >= 0.3 is 6.03 Å². The number of nitrogens with one attached hydrogen (secondary N) is 1. The summed E-state index contributed by atoms with van der Waals surface area (Å²) in [7, 11) is 0. The van der Waals surface area contributed by atoms with Crippen LogP contribution in [-0.4, -0.2) is 51.4 Å². The highest BCUT2D eigenvalue weighted by molar-refractivity contribution is 5.84. The highest BCUT2D eigenvalue weighted by Crippen LogP contribution is 2.32. The van der Waals surface area contributed by atoms with Crippen molar-refractivity contribution in [3.63, 3.8) is 0 Å². The fraction of sp³-hybridized carbons (Fsp3) is 0.857. The summed E-state index contributed by atoms with van der Waals surface area (Å²) in [5, 5.41) is 2.95. The van der Waals surface area contributed by atoms with Gasteiger partial charge in [0.15, 0.2) is 0 Å². The van der Waals surface area contributed by atoms with Gasteiger partial charge in [-0.2, -0.15) is 0 Å². The van der Waals surface area contributed by atoms with E-state index in [9.17, 15) is 9.59 Å². The third-order valence-electron chi connectivity index (χ3n) is 3.92. The van der Waals surface area contributed by atoms with Gasteiger partial charge in [0.2, 0.25) is 5.91 Å². The Balaban J connectivity index is 2.28. The van der Waals surface area contributed by atoms with E-state index in [1.807, 2.05) is 51.3 Å². The molecule has 2 heterocycles. The molecule has 5 nitrogen and oxygen atoms in total. The van der Waals surface area contributed by atoms with Gasteiger partial charge in [0.05, 0.1) is 12.1 Å². The minimum atomic E-state index is -0.229. The number of rotatable bonds is 0. The molecule has 2 saturated heterocycles. The van der Waals surface area contributed by atoms with Gasteiger partial charge in [0, 0.05) is 24.0 Å². The number of fused-ring (bicyclic) bond motifs is 1. The smallest absolute Gasteiger partial charge is 0.318 e. The fourth-order valence-corrected chi connectivity index (χ4v) is 3.09. The zero-order valence-corrected chi connectivity index (χ0v) is 12.8. The second-order valence-electron chi connectivity index (χ2n) is 7.54. The maximum Gasteiger partial charge on any atom is 0.318 e. The van der Waals surface area contributed by atoms with Gasteiger partial charge in [-0.1, -0.05) is 0 Å². The molecule has 0 aliphatic carbocycles. The lowest BCUT2D eigenvalue weighted by atomic mass is 9.92. The largest absolute Gasteiger partial charge is 0.336 e. The number of likely N-dealkylation sites (tertiary alicyclic amines) is 1. The van der Waals surface area contributed by atoms with Crippen LogP contribution in [0.3, 0.4) is 0 Å². The molecule has 19 heavy (non-hydrogen) atoms. The minimum Gasteiger partial charge on any atom is -0.336 e. The van der Waals surface area contributed by atoms with E-state index in [4.69, 9.17) is 0 Å². The Kier molecular flexibility index (Phi) is 3.07. The molecular formula is C14H25N3O2. The van der Waals surface area contributed by atoms with Crippen LogP contribution in [-0.2, 0) is 4.79 Å². The standard InChI is InChI=1S/C14H25N3O2/c1-13(2,3)16-8-10-9(7-11(16)18)15-12(19)17(10)14(4,5)6/h9-10H,7-8H2,1-6H3,(H,15,19). The summed E-state index contributed by atoms with van der Waals surface area (Å²) in [5.74, 6) is 0.129. The number of amides is 3. The zero-order valence-electron chi connectivity index (χ0n) is 12.8. The molecule has 5 heteroatoms. The molecule has 2 rings (SSSR count). The zero-order chi connectivity index (χ0) is 14.6. The van der Waals surface area contributed by atoms with E-state index in [2.05, 4.69) is 5.32 Å². The van der Waals surface area contributed by atoms with E-state index in [0.29, 0.717) is 13.0 Å². The molecule has 0 bridgehead atoms. The number of urea groups is 1. The Hall–Kier alpha value is -1.26. The van der Waals surface area contributed by atoms with E-state index in [-0.39, 0.29) is 35.1 Å². The summed E-state index contributed by atoms with van der Waals surface area (Å²) in [4.78, 5) is 28.1. The molecule has 2 atom stereocenters. The first-order valence-corrected chi connectivity index (χ1v) is 6.92. The molecule has 2 fully saturated rings. The van der Waals surface area contributed by atoms with Gasteiger partial charge in [-0.25, -0.2) is 4.79 Å². The highest BCUT2D eigenvalue weighted by atomic mass is 16.2. The van der Waals surface area contributed by atoms with Gasteiger partial charge in [0.1, 0.15) is 0 Å². The van der Waals surface area contributed by atoms with Gasteiger partial charge < -0.3 is 15.1 Å². The van der Waals surface area contributed by atoms with Crippen molar-refractivity contribution >= 4 is 11.9 Å². The van der Waals surface area contributed by atoms with Crippen LogP contribution in [0.5, 0.6) is 0 Å². The Morgan fingerprint density at radius 1 is 1.05 bits per heavy atom. The number of piperidine rings is 1. The maximum atomic E-state index is 12.2. The first-order valence-electron chi connectivity index (χ1n) is 6.92. The van der Waals surface area contributed by atoms with Crippen molar-refractivity contribution in [3.05, 3.63) is 0 Å². The van der Waals surface area contributed by atoms with Crippen LogP contribution < -0.4 is 5.32 Å². The summed E-state index contributed by atoms with van der Waals surface area (Å²) in [6.07, 6.45) is 0.403. The van der Waals surface area contributed by atoms with E-state index in [1.54, 1.807) is 0 Å². The number of hydrogen-bond acceptors (Lipinski definition) is 2. The molecule has 108 valence electrons. The summed E-state index contributed by atoms with van der Waals surface area (Å²) >= 11 is 0. The maximum absolute atomic E-state index is 12.2. The molecule has 0 aromatic heterocycles. The van der Waals surface area contributed by atoms with Crippen LogP contribution >= 0.6 is 0 Å². The van der Waals surface area contributed by atoms with Crippen LogP contribution in [0.2, 0.25) is 0 Å². The molecular weight excluding hydrogens is 242 g/mol. The van der Waals surface area contributed by atoms with Gasteiger partial charge in [-0.3, -0.25) is 4.79 Å². The van der Waals surface area contributed by atoms with E-state index >= 15 is 0 Å². The Bertz CT molecular complexity index is 404. The average Bonchev–Trinajstić information content (AvgIpc) is 2.49. The topological polar surface area (TPSA) is 52.7 Å². The molecule has 2 unspecified atom stereocenters. The summed E-state index contributed by atoms with van der Waals surface area (Å²) < 4.78 is 0. The quantitative estimate of drug-likeness (QED) is 0.724. The Morgan fingerprint density at radius 2 is 1.63 bits per heavy atom. The number of nitrogens with zero attached hydrogens (tertiary/aromatic N) is 2. The summed E-state index contributed by atoms with van der Waals surface area (Å²) in [6, 6.07) is -0.0201. The average molecular weight is 267 g/mol. The van der Waals surface area contributed by atoms with Crippen molar-refractivity contribution in [2.75, 3.05) is 6.54 Å². The van der Waals surface area contributed by atoms with Crippen LogP contribution in [0.25, 0.3) is 0 Å². The predicted molar refractivity (Wildman–Crippen MR) is 73.8 cm³/mol. The van der Waals surface area contributed by atoms with Crippen LogP contribution in [0.15, 0.2) is 0 Å². The van der Waals surface area contributed by atoms with Crippen LogP contribution in [0.4, 0.5) is 4.79 Å². The normalized spacial score (nSPS) is 28.5. The molecule has 3 amide bonds. The molecule has 0 saturated carbocycles. The second kappa shape index (κ2) is 4.12. The lowest BCUT2D eigenvalue weighted by Crippen LogP contribution is -2.61. The lowest BCUT2D eigenvalue weighted by molar-refractivity contribution is -0.141. The predicted octanol–water partition coefficient (Wildman–Crippen LogP) is 1.58. The third kappa shape index (κ3) is 2.42. The van der Waals surface area contributed by atoms with Gasteiger partial charge in [0.25, 0.3) is 0 Å². The highest BCUT2D eigenvalue weighted by Gasteiger charge is 2.50. The van der Waals surface area contributed by atoms with Crippen molar-refractivity contribution in [1.29, 1.82) is 0 Å². The Morgan fingerprint density at radius 3 is 2.11 bits per heavy atom. The fourth-order valence-electron chi connectivity index (χ4n) is 3.09. The van der Waals surface area contributed by atoms with Crippen molar-refractivity contribution in [2.24, 2.45) is 0 Å². The molecule has 2 aliphatic rings. The molecule has 2 aliphatic heterocycles. The number of carbonyl (C=O) groups excluding carboxylic acids is 2. The van der Waals surface area contributed by atoms with Crippen molar-refractivity contribution in [3.8, 4) is 0 Å². The van der Waals surface area contributed by atoms with Gasteiger partial charge in [-0.15, -0.1) is 0 Å². The van der Waals surface area contributed by atoms with Gasteiger partial charge in [-0.05, 0) is 41.5 Å². The third-order valence-corrected chi connectivity index (χ3v) is 3.92. The monoisotopic (exact) mass is 267 g/mol. The molecule has 0 aromatic carbocycles. The van der Waals surface area contributed by atoms with E-state index < -0.39 is 0 Å². The van der Waals surface area contributed by atoms with Crippen molar-refractivity contribution < 1.29 is 9.59 Å². The van der Waals surface area contributed by atoms with Crippen LogP contribution in [0.1, 0.15) is 48.0 Å². The van der Waals surface area contributed by atoms with Crippen molar-refractivity contribution in [1.82, 2.24) is 15.1 Å². The lowest BCUT2D eigenvalue weighted by Gasteiger charge is -2.46. The van der Waals surface area contributed by atoms with Crippen LogP contribution in [0, 0.1) is 0 Å².